The zero-order valence-corrected chi connectivity index (χ0v) is 16.2. The summed E-state index contributed by atoms with van der Waals surface area (Å²) in [5.74, 6) is -2.54. The second-order valence-electron chi connectivity index (χ2n) is 5.86. The lowest BCUT2D eigenvalue weighted by atomic mass is 10.1. The van der Waals surface area contributed by atoms with Crippen molar-refractivity contribution in [3.05, 3.63) is 27.8 Å². The van der Waals surface area contributed by atoms with Crippen molar-refractivity contribution in [2.45, 2.75) is 20.8 Å². The van der Waals surface area contributed by atoms with Gasteiger partial charge in [0.25, 0.3) is 11.6 Å². The molecule has 0 aliphatic rings. The minimum absolute atomic E-state index is 0.0133. The number of benzene rings is 1. The van der Waals surface area contributed by atoms with Crippen molar-refractivity contribution in [2.24, 2.45) is 5.73 Å². The summed E-state index contributed by atoms with van der Waals surface area (Å²) in [6.45, 7) is 3.41. The first kappa shape index (κ1) is 23.3. The first-order valence-corrected chi connectivity index (χ1v) is 8.44. The Hall–Kier alpha value is -3.70. The monoisotopic (exact) mass is 410 g/mol. The molecule has 12 heteroatoms. The molecule has 0 radical (unpaired) electrons. The van der Waals surface area contributed by atoms with Gasteiger partial charge in [-0.05, 0) is 6.07 Å². The summed E-state index contributed by atoms with van der Waals surface area (Å²) < 4.78 is 9.74. The number of rotatable bonds is 10. The largest absolute Gasteiger partial charge is 0.464 e. The van der Waals surface area contributed by atoms with Gasteiger partial charge in [-0.1, -0.05) is 0 Å². The first-order chi connectivity index (χ1) is 13.5. The van der Waals surface area contributed by atoms with Crippen LogP contribution < -0.4 is 16.0 Å². The van der Waals surface area contributed by atoms with E-state index in [0.717, 1.165) is 12.1 Å². The molecule has 0 saturated heterocycles. The van der Waals surface area contributed by atoms with Gasteiger partial charge in [-0.2, -0.15) is 0 Å². The summed E-state index contributed by atoms with van der Waals surface area (Å²) in [5.41, 5.74) is 4.65. The van der Waals surface area contributed by atoms with Gasteiger partial charge in [-0.3, -0.25) is 29.3 Å². The van der Waals surface area contributed by atoms with Crippen LogP contribution in [0.15, 0.2) is 12.1 Å². The Balaban J connectivity index is 3.40. The number of anilines is 2. The van der Waals surface area contributed by atoms with Crippen LogP contribution in [0.5, 0.6) is 0 Å². The maximum absolute atomic E-state index is 11.8. The van der Waals surface area contributed by atoms with Crippen LogP contribution in [0.25, 0.3) is 0 Å². The van der Waals surface area contributed by atoms with Crippen LogP contribution in [0.4, 0.5) is 17.1 Å². The number of nitrogens with zero attached hydrogens (tertiary/aromatic N) is 2. The molecule has 29 heavy (non-hydrogen) atoms. The summed E-state index contributed by atoms with van der Waals surface area (Å²) >= 11 is 0. The lowest BCUT2D eigenvalue weighted by Gasteiger charge is -2.25. The van der Waals surface area contributed by atoms with E-state index in [-0.39, 0.29) is 43.2 Å². The molecule has 0 heterocycles. The molecule has 158 valence electrons. The highest BCUT2D eigenvalue weighted by molar-refractivity contribution is 6.04. The Bertz CT molecular complexity index is 804. The van der Waals surface area contributed by atoms with Gasteiger partial charge in [0.2, 0.25) is 5.91 Å². The second kappa shape index (κ2) is 10.6. The number of nitro benzene ring substituents is 1. The molecule has 2 amide bonds. The molecule has 0 bridgehead atoms. The lowest BCUT2D eigenvalue weighted by molar-refractivity contribution is -0.384. The number of nitro groups is 1. The van der Waals surface area contributed by atoms with Crippen LogP contribution in [-0.2, 0) is 23.9 Å². The molecule has 1 rings (SSSR count). The molecule has 0 spiro atoms. The zero-order chi connectivity index (χ0) is 22.1. The van der Waals surface area contributed by atoms with Gasteiger partial charge in [0, 0.05) is 26.8 Å². The highest BCUT2D eigenvalue weighted by atomic mass is 16.6. The van der Waals surface area contributed by atoms with Crippen molar-refractivity contribution in [1.29, 1.82) is 0 Å². The number of carbonyl (C=O) groups excluding carboxylic acids is 4. The molecule has 1 aromatic carbocycles. The number of nitrogens with two attached hydrogens (primary N) is 1. The molecule has 0 unspecified atom stereocenters. The topological polar surface area (TPSA) is 171 Å². The number of ether oxygens (including phenoxy) is 2. The highest BCUT2D eigenvalue weighted by Crippen LogP contribution is 2.34. The van der Waals surface area contributed by atoms with Crippen molar-refractivity contribution in [2.75, 3.05) is 36.5 Å². The van der Waals surface area contributed by atoms with E-state index in [9.17, 15) is 29.3 Å². The van der Waals surface area contributed by atoms with Gasteiger partial charge in [-0.15, -0.1) is 0 Å². The van der Waals surface area contributed by atoms with Crippen molar-refractivity contribution in [3.8, 4) is 0 Å². The fourth-order valence-electron chi connectivity index (χ4n) is 2.43. The predicted octanol–water partition coefficient (Wildman–Crippen LogP) is 0.585. The first-order valence-electron chi connectivity index (χ1n) is 8.44. The van der Waals surface area contributed by atoms with Crippen LogP contribution in [0, 0.1) is 10.1 Å². The summed E-state index contributed by atoms with van der Waals surface area (Å²) in [7, 11) is 0. The average molecular weight is 410 g/mol. The predicted molar refractivity (Wildman–Crippen MR) is 101 cm³/mol. The standard InChI is InChI=1S/C17H22N4O8/c1-10(22)19-14-9-16(21(26)27)15(8-13(14)17(18)25)20(4-6-28-11(2)23)5-7-29-12(3)24/h8-9H,4-7H2,1-3H3,(H2,18,25)(H,19,22). The van der Waals surface area contributed by atoms with Crippen LogP contribution in [0.2, 0.25) is 0 Å². The van der Waals surface area contributed by atoms with Gasteiger partial charge in [0.05, 0.1) is 29.3 Å². The molecule has 1 aromatic rings. The fourth-order valence-corrected chi connectivity index (χ4v) is 2.43. The number of amides is 2. The van der Waals surface area contributed by atoms with E-state index in [4.69, 9.17) is 15.2 Å². The van der Waals surface area contributed by atoms with Crippen LogP contribution in [0.3, 0.4) is 0 Å². The van der Waals surface area contributed by atoms with Crippen LogP contribution >= 0.6 is 0 Å². The van der Waals surface area contributed by atoms with Gasteiger partial charge < -0.3 is 25.4 Å². The van der Waals surface area contributed by atoms with Gasteiger partial charge in [-0.25, -0.2) is 0 Å². The summed E-state index contributed by atoms with van der Waals surface area (Å²) in [4.78, 5) is 57.5. The van der Waals surface area contributed by atoms with Crippen molar-refractivity contribution < 1.29 is 33.6 Å². The molecule has 0 aromatic heterocycles. The Morgan fingerprint density at radius 2 is 1.59 bits per heavy atom. The quantitative estimate of drug-likeness (QED) is 0.318. The number of carbonyl (C=O) groups is 4. The van der Waals surface area contributed by atoms with Crippen LogP contribution in [0.1, 0.15) is 31.1 Å². The second-order valence-corrected chi connectivity index (χ2v) is 5.86. The smallest absolute Gasteiger partial charge is 0.302 e. The Morgan fingerprint density at radius 3 is 1.97 bits per heavy atom. The van der Waals surface area contributed by atoms with E-state index in [2.05, 4.69) is 5.32 Å². The number of hydrogen-bond donors (Lipinski definition) is 2. The van der Waals surface area contributed by atoms with E-state index in [1.807, 2.05) is 0 Å². The minimum atomic E-state index is -0.912. The third-order valence-corrected chi connectivity index (χ3v) is 3.56. The third kappa shape index (κ3) is 7.44. The molecular formula is C17H22N4O8. The Morgan fingerprint density at radius 1 is 1.07 bits per heavy atom. The summed E-state index contributed by atoms with van der Waals surface area (Å²) in [5, 5.41) is 13.9. The van der Waals surface area contributed by atoms with Crippen molar-refractivity contribution in [1.82, 2.24) is 0 Å². The zero-order valence-electron chi connectivity index (χ0n) is 16.2. The molecule has 0 aliphatic carbocycles. The Kier molecular flexibility index (Phi) is 8.52. The summed E-state index contributed by atoms with van der Waals surface area (Å²) in [6, 6.07) is 2.18. The SMILES string of the molecule is CC(=O)Nc1cc([N+](=O)[O-])c(N(CCOC(C)=O)CCOC(C)=O)cc1C(N)=O. The number of primary amides is 1. The molecule has 3 N–H and O–H groups in total. The fraction of sp³-hybridized carbons (Fsp3) is 0.412. The van der Waals surface area contributed by atoms with E-state index in [0.29, 0.717) is 0 Å². The molecule has 0 fully saturated rings. The number of hydrogen-bond acceptors (Lipinski definition) is 9. The van der Waals surface area contributed by atoms with Crippen molar-refractivity contribution >= 4 is 40.8 Å². The van der Waals surface area contributed by atoms with Crippen molar-refractivity contribution in [3.63, 3.8) is 0 Å². The van der Waals surface area contributed by atoms with E-state index in [1.165, 1.54) is 25.7 Å². The average Bonchev–Trinajstić information content (AvgIpc) is 2.58. The highest BCUT2D eigenvalue weighted by Gasteiger charge is 2.25. The molecule has 0 atom stereocenters. The normalized spacial score (nSPS) is 10.0. The molecule has 0 aliphatic heterocycles. The molecule has 0 saturated carbocycles. The summed E-state index contributed by atoms with van der Waals surface area (Å²) in [6.07, 6.45) is 0. The maximum atomic E-state index is 11.8. The molecular weight excluding hydrogens is 388 g/mol. The lowest BCUT2D eigenvalue weighted by Crippen LogP contribution is -2.33. The van der Waals surface area contributed by atoms with E-state index in [1.54, 1.807) is 0 Å². The van der Waals surface area contributed by atoms with Crippen LogP contribution in [-0.4, -0.2) is 55.0 Å². The van der Waals surface area contributed by atoms with Gasteiger partial charge in [0.15, 0.2) is 0 Å². The maximum Gasteiger partial charge on any atom is 0.302 e. The van der Waals surface area contributed by atoms with Gasteiger partial charge in [0.1, 0.15) is 18.9 Å². The van der Waals surface area contributed by atoms with E-state index >= 15 is 0 Å². The Labute approximate surface area is 166 Å². The van der Waals surface area contributed by atoms with E-state index < -0.39 is 34.4 Å². The number of nitrogens with one attached hydrogen (secondary N) is 1. The van der Waals surface area contributed by atoms with Gasteiger partial charge >= 0.3 is 11.9 Å². The molecule has 12 nitrogen and oxygen atoms in total. The minimum Gasteiger partial charge on any atom is -0.464 e. The number of esters is 2. The third-order valence-electron chi connectivity index (χ3n) is 3.56.